The number of amides is 2. The number of nitrogens with one attached hydrogen (secondary N) is 1. The van der Waals surface area contributed by atoms with Gasteiger partial charge in [0.2, 0.25) is 11.8 Å². The monoisotopic (exact) mass is 352 g/mol. The Hall–Kier alpha value is -2.62. The van der Waals surface area contributed by atoms with E-state index in [0.29, 0.717) is 12.5 Å². The number of benzene rings is 2. The average Bonchev–Trinajstić information content (AvgIpc) is 2.62. The molecule has 4 nitrogen and oxygen atoms in total. The second-order valence-electron chi connectivity index (χ2n) is 6.69. The summed E-state index contributed by atoms with van der Waals surface area (Å²) in [5, 5.41) is 2.97. The molecular formula is C22H28N2O2. The fourth-order valence-electron chi connectivity index (χ4n) is 3.05. The number of carbonyl (C=O) groups is 2. The zero-order valence-corrected chi connectivity index (χ0v) is 16.1. The standard InChI is InChI=1S/C22H28N2O2/c1-5-18-10-6-8-12-20(18)23-22(26)14-15-24(17(4)25)21-13-9-7-11-19(21)16(2)3/h6-13,16H,5,14-15H2,1-4H3,(H,23,26). The summed E-state index contributed by atoms with van der Waals surface area (Å²) >= 11 is 0. The zero-order chi connectivity index (χ0) is 19.1. The Kier molecular flexibility index (Phi) is 6.96. The molecule has 0 aliphatic heterocycles. The van der Waals surface area contributed by atoms with Gasteiger partial charge in [-0.1, -0.05) is 57.2 Å². The number of hydrogen-bond acceptors (Lipinski definition) is 2. The van der Waals surface area contributed by atoms with Crippen LogP contribution in [0.3, 0.4) is 0 Å². The molecule has 138 valence electrons. The van der Waals surface area contributed by atoms with Gasteiger partial charge in [0.25, 0.3) is 0 Å². The summed E-state index contributed by atoms with van der Waals surface area (Å²) in [6.45, 7) is 8.17. The minimum Gasteiger partial charge on any atom is -0.326 e. The van der Waals surface area contributed by atoms with Gasteiger partial charge in [0.1, 0.15) is 0 Å². The van der Waals surface area contributed by atoms with Crippen molar-refractivity contribution in [2.45, 2.75) is 46.5 Å². The van der Waals surface area contributed by atoms with E-state index in [0.717, 1.165) is 28.9 Å². The highest BCUT2D eigenvalue weighted by Crippen LogP contribution is 2.27. The topological polar surface area (TPSA) is 49.4 Å². The second-order valence-corrected chi connectivity index (χ2v) is 6.69. The molecule has 0 aliphatic rings. The first-order valence-electron chi connectivity index (χ1n) is 9.18. The Morgan fingerprint density at radius 1 is 1.04 bits per heavy atom. The molecular weight excluding hydrogens is 324 g/mol. The largest absolute Gasteiger partial charge is 0.326 e. The number of anilines is 2. The summed E-state index contributed by atoms with van der Waals surface area (Å²) in [5.41, 5.74) is 3.95. The number of aryl methyl sites for hydroxylation is 1. The lowest BCUT2D eigenvalue weighted by molar-refractivity contribution is -0.117. The predicted octanol–water partition coefficient (Wildman–Crippen LogP) is 4.75. The van der Waals surface area contributed by atoms with Crippen molar-refractivity contribution in [3.05, 3.63) is 59.7 Å². The molecule has 0 heterocycles. The van der Waals surface area contributed by atoms with Crippen molar-refractivity contribution in [2.75, 3.05) is 16.8 Å². The molecule has 0 saturated heterocycles. The van der Waals surface area contributed by atoms with Crippen LogP contribution in [0.15, 0.2) is 48.5 Å². The van der Waals surface area contributed by atoms with Crippen LogP contribution in [0, 0.1) is 0 Å². The van der Waals surface area contributed by atoms with E-state index in [2.05, 4.69) is 26.1 Å². The van der Waals surface area contributed by atoms with E-state index in [1.807, 2.05) is 48.5 Å². The van der Waals surface area contributed by atoms with Crippen LogP contribution in [0.2, 0.25) is 0 Å². The summed E-state index contributed by atoms with van der Waals surface area (Å²) in [6.07, 6.45) is 1.11. The molecule has 0 atom stereocenters. The number of rotatable bonds is 7. The Morgan fingerprint density at radius 3 is 2.35 bits per heavy atom. The molecule has 0 bridgehead atoms. The van der Waals surface area contributed by atoms with Gasteiger partial charge in [0, 0.05) is 31.3 Å². The van der Waals surface area contributed by atoms with E-state index in [1.54, 1.807) is 11.8 Å². The van der Waals surface area contributed by atoms with E-state index in [1.165, 1.54) is 0 Å². The predicted molar refractivity (Wildman–Crippen MR) is 108 cm³/mol. The third kappa shape index (κ3) is 4.94. The Labute approximate surface area is 156 Å². The summed E-state index contributed by atoms with van der Waals surface area (Å²) in [6, 6.07) is 15.7. The van der Waals surface area contributed by atoms with Crippen molar-refractivity contribution in [3.63, 3.8) is 0 Å². The molecule has 4 heteroatoms. The molecule has 0 radical (unpaired) electrons. The minimum atomic E-state index is -0.0841. The molecule has 2 aromatic rings. The molecule has 0 fully saturated rings. The van der Waals surface area contributed by atoms with E-state index in [4.69, 9.17) is 0 Å². The zero-order valence-electron chi connectivity index (χ0n) is 16.1. The van der Waals surface area contributed by atoms with Crippen LogP contribution in [0.4, 0.5) is 11.4 Å². The molecule has 2 aromatic carbocycles. The number of hydrogen-bond donors (Lipinski definition) is 1. The van der Waals surface area contributed by atoms with Crippen molar-refractivity contribution < 1.29 is 9.59 Å². The first-order valence-corrected chi connectivity index (χ1v) is 9.18. The van der Waals surface area contributed by atoms with Gasteiger partial charge in [-0.2, -0.15) is 0 Å². The molecule has 26 heavy (non-hydrogen) atoms. The van der Waals surface area contributed by atoms with E-state index < -0.39 is 0 Å². The quantitative estimate of drug-likeness (QED) is 0.781. The molecule has 0 unspecified atom stereocenters. The first-order chi connectivity index (χ1) is 12.4. The summed E-state index contributed by atoms with van der Waals surface area (Å²) in [4.78, 5) is 26.3. The Morgan fingerprint density at radius 2 is 1.69 bits per heavy atom. The van der Waals surface area contributed by atoms with Crippen molar-refractivity contribution in [3.8, 4) is 0 Å². The number of para-hydroxylation sites is 2. The van der Waals surface area contributed by atoms with Gasteiger partial charge in [-0.15, -0.1) is 0 Å². The smallest absolute Gasteiger partial charge is 0.226 e. The lowest BCUT2D eigenvalue weighted by atomic mass is 10.0. The van der Waals surface area contributed by atoms with Gasteiger partial charge in [0.15, 0.2) is 0 Å². The van der Waals surface area contributed by atoms with Crippen molar-refractivity contribution in [1.82, 2.24) is 0 Å². The van der Waals surface area contributed by atoms with Crippen LogP contribution in [-0.4, -0.2) is 18.4 Å². The molecule has 0 saturated carbocycles. The van der Waals surface area contributed by atoms with Gasteiger partial charge in [-0.25, -0.2) is 0 Å². The lowest BCUT2D eigenvalue weighted by Crippen LogP contribution is -2.32. The average molecular weight is 352 g/mol. The Balaban J connectivity index is 2.10. The van der Waals surface area contributed by atoms with Crippen molar-refractivity contribution in [2.24, 2.45) is 0 Å². The van der Waals surface area contributed by atoms with E-state index in [-0.39, 0.29) is 18.2 Å². The second kappa shape index (κ2) is 9.18. The molecule has 2 amide bonds. The normalized spacial score (nSPS) is 10.7. The van der Waals surface area contributed by atoms with E-state index in [9.17, 15) is 9.59 Å². The number of nitrogens with zero attached hydrogens (tertiary/aromatic N) is 1. The van der Waals surface area contributed by atoms with Crippen molar-refractivity contribution in [1.29, 1.82) is 0 Å². The highest BCUT2D eigenvalue weighted by atomic mass is 16.2. The van der Waals surface area contributed by atoms with Crippen LogP contribution in [0.5, 0.6) is 0 Å². The minimum absolute atomic E-state index is 0.0557. The third-order valence-corrected chi connectivity index (χ3v) is 4.46. The van der Waals surface area contributed by atoms with Crippen LogP contribution < -0.4 is 10.2 Å². The van der Waals surface area contributed by atoms with Gasteiger partial charge in [-0.3, -0.25) is 9.59 Å². The fourth-order valence-corrected chi connectivity index (χ4v) is 3.05. The molecule has 0 aromatic heterocycles. The maximum absolute atomic E-state index is 12.4. The van der Waals surface area contributed by atoms with E-state index >= 15 is 0 Å². The van der Waals surface area contributed by atoms with Gasteiger partial charge in [-0.05, 0) is 35.6 Å². The van der Waals surface area contributed by atoms with Crippen molar-refractivity contribution >= 4 is 23.2 Å². The van der Waals surface area contributed by atoms with Gasteiger partial charge < -0.3 is 10.2 Å². The SMILES string of the molecule is CCc1ccccc1NC(=O)CCN(C(C)=O)c1ccccc1C(C)C. The first kappa shape index (κ1) is 19.7. The maximum Gasteiger partial charge on any atom is 0.226 e. The van der Waals surface area contributed by atoms with Crippen LogP contribution in [-0.2, 0) is 16.0 Å². The molecule has 2 rings (SSSR count). The highest BCUT2D eigenvalue weighted by molar-refractivity contribution is 5.95. The molecule has 0 aliphatic carbocycles. The number of carbonyl (C=O) groups excluding carboxylic acids is 2. The van der Waals surface area contributed by atoms with Crippen LogP contribution in [0.25, 0.3) is 0 Å². The fraction of sp³-hybridized carbons (Fsp3) is 0.364. The van der Waals surface area contributed by atoms with Gasteiger partial charge >= 0.3 is 0 Å². The maximum atomic E-state index is 12.4. The summed E-state index contributed by atoms with van der Waals surface area (Å²) < 4.78 is 0. The molecule has 0 spiro atoms. The highest BCUT2D eigenvalue weighted by Gasteiger charge is 2.18. The molecule has 1 N–H and O–H groups in total. The van der Waals surface area contributed by atoms with Crippen LogP contribution in [0.1, 0.15) is 51.2 Å². The Bertz CT molecular complexity index is 768. The van der Waals surface area contributed by atoms with Crippen LogP contribution >= 0.6 is 0 Å². The lowest BCUT2D eigenvalue weighted by Gasteiger charge is -2.25. The summed E-state index contributed by atoms with van der Waals surface area (Å²) in [7, 11) is 0. The van der Waals surface area contributed by atoms with Gasteiger partial charge in [0.05, 0.1) is 0 Å². The third-order valence-electron chi connectivity index (χ3n) is 4.46. The summed E-state index contributed by atoms with van der Waals surface area (Å²) in [5.74, 6) is 0.164.